The summed E-state index contributed by atoms with van der Waals surface area (Å²) in [4.78, 5) is 21.4. The van der Waals surface area contributed by atoms with E-state index >= 15 is 0 Å². The summed E-state index contributed by atoms with van der Waals surface area (Å²) in [6.45, 7) is 1.96. The zero-order valence-corrected chi connectivity index (χ0v) is 18.5. The average molecular weight is 466 g/mol. The molecule has 0 radical (unpaired) electrons. The molecule has 0 atom stereocenters. The first-order chi connectivity index (χ1) is 13.8. The van der Waals surface area contributed by atoms with E-state index in [2.05, 4.69) is 15.3 Å². The largest absolute Gasteiger partial charge is 0.302 e. The number of halogens is 1. The molecular formula is C19H16ClN3O3S3. The first-order valence-corrected chi connectivity index (χ1v) is 12.4. The molecule has 6 nitrogen and oxygen atoms in total. The molecule has 0 spiro atoms. The van der Waals surface area contributed by atoms with Gasteiger partial charge < -0.3 is 5.32 Å². The molecular weight excluding hydrogens is 450 g/mol. The van der Waals surface area contributed by atoms with Crippen LogP contribution < -0.4 is 5.32 Å². The molecule has 0 aliphatic carbocycles. The highest BCUT2D eigenvalue weighted by molar-refractivity contribution is 7.91. The van der Waals surface area contributed by atoms with Crippen LogP contribution in [0, 0.1) is 6.92 Å². The number of hydrogen-bond acceptors (Lipinski definition) is 7. The first-order valence-electron chi connectivity index (χ1n) is 8.77. The topological polar surface area (TPSA) is 89.0 Å². The fourth-order valence-corrected chi connectivity index (χ4v) is 6.36. The lowest BCUT2D eigenvalue weighted by Crippen LogP contribution is -2.14. The fraction of sp³-hybridized carbons (Fsp3) is 0.211. The molecule has 150 valence electrons. The molecule has 0 unspecified atom stereocenters. The van der Waals surface area contributed by atoms with Crippen LogP contribution in [0.3, 0.4) is 0 Å². The lowest BCUT2D eigenvalue weighted by Gasteiger charge is -2.05. The van der Waals surface area contributed by atoms with Gasteiger partial charge in [0.1, 0.15) is 0 Å². The number of aryl methyl sites for hydroxylation is 1. The minimum Gasteiger partial charge on any atom is -0.302 e. The van der Waals surface area contributed by atoms with E-state index in [1.165, 1.54) is 35.6 Å². The number of thiazole rings is 2. The second-order valence-corrected chi connectivity index (χ2v) is 11.2. The monoisotopic (exact) mass is 465 g/mol. The molecule has 1 N–H and O–H groups in total. The van der Waals surface area contributed by atoms with Crippen LogP contribution in [-0.4, -0.2) is 30.0 Å². The molecule has 1 amide bonds. The Morgan fingerprint density at radius 3 is 2.41 bits per heavy atom. The van der Waals surface area contributed by atoms with Gasteiger partial charge in [0.05, 0.1) is 36.1 Å². The van der Waals surface area contributed by atoms with Crippen LogP contribution in [0.1, 0.15) is 17.8 Å². The number of amides is 1. The van der Waals surface area contributed by atoms with Gasteiger partial charge in [-0.05, 0) is 49.7 Å². The fourth-order valence-electron chi connectivity index (χ4n) is 2.90. The van der Waals surface area contributed by atoms with Crippen molar-refractivity contribution in [3.8, 4) is 0 Å². The van der Waals surface area contributed by atoms with E-state index in [9.17, 15) is 13.2 Å². The van der Waals surface area contributed by atoms with Gasteiger partial charge in [0.25, 0.3) is 0 Å². The maximum absolute atomic E-state index is 12.3. The quantitative estimate of drug-likeness (QED) is 0.430. The van der Waals surface area contributed by atoms with Crippen molar-refractivity contribution in [2.24, 2.45) is 0 Å². The number of rotatable bonds is 6. The second-order valence-electron chi connectivity index (χ2n) is 6.44. The lowest BCUT2D eigenvalue weighted by atomic mass is 10.3. The Morgan fingerprint density at radius 2 is 1.69 bits per heavy atom. The number of nitrogens with zero attached hydrogens (tertiary/aromatic N) is 2. The highest BCUT2D eigenvalue weighted by Crippen LogP contribution is 2.35. The van der Waals surface area contributed by atoms with Gasteiger partial charge in [-0.25, -0.2) is 18.4 Å². The minimum atomic E-state index is -3.45. The summed E-state index contributed by atoms with van der Waals surface area (Å²) < 4.78 is 26.7. The predicted octanol–water partition coefficient (Wildman–Crippen LogP) is 5.06. The van der Waals surface area contributed by atoms with E-state index in [1.807, 2.05) is 19.1 Å². The summed E-state index contributed by atoms with van der Waals surface area (Å²) in [5.41, 5.74) is 1.74. The van der Waals surface area contributed by atoms with Crippen LogP contribution in [0.15, 0.2) is 41.3 Å². The smallest absolute Gasteiger partial charge is 0.226 e. The lowest BCUT2D eigenvalue weighted by molar-refractivity contribution is -0.116. The summed E-state index contributed by atoms with van der Waals surface area (Å²) >= 11 is 8.79. The van der Waals surface area contributed by atoms with Gasteiger partial charge in [-0.3, -0.25) is 4.79 Å². The first kappa shape index (κ1) is 20.2. The van der Waals surface area contributed by atoms with Crippen LogP contribution >= 0.6 is 34.3 Å². The Morgan fingerprint density at radius 1 is 1.03 bits per heavy atom. The SMILES string of the molecule is Cc1nc2ccc3nc(NC(=O)CCCS(=O)(=O)c4ccc(Cl)cc4)sc3c2s1. The van der Waals surface area contributed by atoms with Crippen molar-refractivity contribution < 1.29 is 13.2 Å². The molecule has 2 aromatic heterocycles. The number of sulfone groups is 1. The van der Waals surface area contributed by atoms with Crippen LogP contribution in [0.4, 0.5) is 5.13 Å². The van der Waals surface area contributed by atoms with Crippen molar-refractivity contribution in [2.75, 3.05) is 11.1 Å². The molecule has 2 heterocycles. The Bertz CT molecular complexity index is 1310. The van der Waals surface area contributed by atoms with Crippen LogP contribution in [0.5, 0.6) is 0 Å². The zero-order valence-electron chi connectivity index (χ0n) is 15.3. The number of nitrogens with one attached hydrogen (secondary N) is 1. The van der Waals surface area contributed by atoms with Crippen molar-refractivity contribution in [1.29, 1.82) is 0 Å². The Hall–Kier alpha value is -2.07. The predicted molar refractivity (Wildman–Crippen MR) is 119 cm³/mol. The molecule has 4 aromatic rings. The maximum atomic E-state index is 12.3. The summed E-state index contributed by atoms with van der Waals surface area (Å²) in [7, 11) is -3.45. The van der Waals surface area contributed by atoms with E-state index in [0.717, 1.165) is 25.4 Å². The highest BCUT2D eigenvalue weighted by Gasteiger charge is 2.16. The van der Waals surface area contributed by atoms with Crippen molar-refractivity contribution in [2.45, 2.75) is 24.7 Å². The van der Waals surface area contributed by atoms with Gasteiger partial charge >= 0.3 is 0 Å². The number of aromatic nitrogens is 2. The molecule has 0 aliphatic rings. The van der Waals surface area contributed by atoms with Crippen molar-refractivity contribution in [1.82, 2.24) is 9.97 Å². The molecule has 29 heavy (non-hydrogen) atoms. The van der Waals surface area contributed by atoms with E-state index in [0.29, 0.717) is 10.2 Å². The number of carbonyl (C=O) groups is 1. The van der Waals surface area contributed by atoms with Gasteiger partial charge in [-0.1, -0.05) is 22.9 Å². The molecule has 0 saturated carbocycles. The Kier molecular flexibility index (Phi) is 5.56. The molecule has 0 saturated heterocycles. The van der Waals surface area contributed by atoms with Crippen LogP contribution in [-0.2, 0) is 14.6 Å². The normalized spacial score (nSPS) is 11.9. The third kappa shape index (κ3) is 4.42. The third-order valence-electron chi connectivity index (χ3n) is 4.25. The van der Waals surface area contributed by atoms with Crippen LogP contribution in [0.25, 0.3) is 20.4 Å². The van der Waals surface area contributed by atoms with E-state index in [-0.39, 0.29) is 29.4 Å². The average Bonchev–Trinajstić information content (AvgIpc) is 3.23. The standard InChI is InChI=1S/C19H16ClN3O3S3/c1-11-21-14-8-9-15-18(17(14)27-11)28-19(22-15)23-16(24)3-2-10-29(25,26)13-6-4-12(20)5-7-13/h4-9H,2-3,10H2,1H3,(H,22,23,24). The summed E-state index contributed by atoms with van der Waals surface area (Å²) in [6, 6.07) is 9.84. The zero-order chi connectivity index (χ0) is 20.6. The van der Waals surface area contributed by atoms with E-state index in [4.69, 9.17) is 11.6 Å². The van der Waals surface area contributed by atoms with E-state index < -0.39 is 9.84 Å². The minimum absolute atomic E-state index is 0.0951. The van der Waals surface area contributed by atoms with Gasteiger partial charge in [0.15, 0.2) is 15.0 Å². The summed E-state index contributed by atoms with van der Waals surface area (Å²) in [5.74, 6) is -0.366. The van der Waals surface area contributed by atoms with Gasteiger partial charge in [-0.2, -0.15) is 0 Å². The Labute approximate surface area is 180 Å². The van der Waals surface area contributed by atoms with Gasteiger partial charge in [0.2, 0.25) is 5.91 Å². The second kappa shape index (κ2) is 7.98. The van der Waals surface area contributed by atoms with Gasteiger partial charge in [0, 0.05) is 11.4 Å². The molecule has 4 rings (SSSR count). The van der Waals surface area contributed by atoms with Crippen LogP contribution in [0.2, 0.25) is 5.02 Å². The Balaban J connectivity index is 1.39. The molecule has 0 fully saturated rings. The van der Waals surface area contributed by atoms with Crippen molar-refractivity contribution >= 4 is 75.6 Å². The highest BCUT2D eigenvalue weighted by atomic mass is 35.5. The number of benzene rings is 2. The summed E-state index contributed by atoms with van der Waals surface area (Å²) in [6.07, 6.45) is 0.317. The molecule has 0 aliphatic heterocycles. The summed E-state index contributed by atoms with van der Waals surface area (Å²) in [5, 5.41) is 4.74. The number of anilines is 1. The number of hydrogen-bond donors (Lipinski definition) is 1. The van der Waals surface area contributed by atoms with Crippen molar-refractivity contribution in [3.05, 3.63) is 46.4 Å². The third-order valence-corrected chi connectivity index (χ3v) is 8.46. The number of carbonyl (C=O) groups excluding carboxylic acids is 1. The maximum Gasteiger partial charge on any atom is 0.226 e. The van der Waals surface area contributed by atoms with Gasteiger partial charge in [-0.15, -0.1) is 11.3 Å². The molecule has 10 heteroatoms. The van der Waals surface area contributed by atoms with E-state index in [1.54, 1.807) is 11.3 Å². The molecule has 0 bridgehead atoms. The van der Waals surface area contributed by atoms with Crippen molar-refractivity contribution in [3.63, 3.8) is 0 Å². The molecule has 2 aromatic carbocycles. The number of fused-ring (bicyclic) bond motifs is 3.